The molecule has 6 heteroatoms. The molecule has 126 valence electrons. The second kappa shape index (κ2) is 8.88. The zero-order valence-corrected chi connectivity index (χ0v) is 14.5. The Kier molecular flexibility index (Phi) is 6.57. The van der Waals surface area contributed by atoms with Crippen LogP contribution in [0.15, 0.2) is 54.6 Å². The summed E-state index contributed by atoms with van der Waals surface area (Å²) in [7, 11) is 0. The third-order valence-electron chi connectivity index (χ3n) is 3.02. The molecule has 3 N–H and O–H groups in total. The molecular formula is C18H21N3O2S. The summed E-state index contributed by atoms with van der Waals surface area (Å²) < 4.78 is 5.59. The van der Waals surface area contributed by atoms with Crippen LogP contribution in [-0.2, 0) is 0 Å². The quantitative estimate of drug-likeness (QED) is 0.555. The van der Waals surface area contributed by atoms with Gasteiger partial charge in [0.05, 0.1) is 12.3 Å². The van der Waals surface area contributed by atoms with Gasteiger partial charge in [0, 0.05) is 5.56 Å². The van der Waals surface area contributed by atoms with Crippen molar-refractivity contribution in [3.05, 3.63) is 60.2 Å². The molecular weight excluding hydrogens is 322 g/mol. The zero-order valence-electron chi connectivity index (χ0n) is 13.7. The molecule has 0 radical (unpaired) electrons. The summed E-state index contributed by atoms with van der Waals surface area (Å²) in [6, 6.07) is 16.4. The first-order valence-electron chi connectivity index (χ1n) is 7.70. The number of nitrogens with one attached hydrogen (secondary N) is 3. The number of benzene rings is 2. The molecule has 0 spiro atoms. The number of rotatable bonds is 6. The third kappa shape index (κ3) is 5.89. The van der Waals surface area contributed by atoms with Gasteiger partial charge in [-0.15, -0.1) is 0 Å². The SMILES string of the molecule is CC(C)COc1ccc(C(=O)NC(=S)NNc2ccccc2)cc1. The van der Waals surface area contributed by atoms with Crippen molar-refractivity contribution >= 4 is 28.9 Å². The summed E-state index contributed by atoms with van der Waals surface area (Å²) in [5.74, 6) is 0.915. The predicted octanol–water partition coefficient (Wildman–Crippen LogP) is 3.35. The highest BCUT2D eigenvalue weighted by atomic mass is 32.1. The van der Waals surface area contributed by atoms with E-state index in [1.165, 1.54) is 0 Å². The first-order chi connectivity index (χ1) is 11.5. The van der Waals surface area contributed by atoms with Crippen LogP contribution >= 0.6 is 12.2 Å². The molecule has 0 atom stereocenters. The van der Waals surface area contributed by atoms with Crippen LogP contribution in [0.1, 0.15) is 24.2 Å². The highest BCUT2D eigenvalue weighted by Gasteiger charge is 2.08. The summed E-state index contributed by atoms with van der Waals surface area (Å²) in [6.07, 6.45) is 0. The second-order valence-corrected chi connectivity index (χ2v) is 6.04. The van der Waals surface area contributed by atoms with E-state index < -0.39 is 0 Å². The van der Waals surface area contributed by atoms with Crippen LogP contribution in [0.5, 0.6) is 5.75 Å². The largest absolute Gasteiger partial charge is 0.493 e. The molecule has 2 aromatic rings. The molecule has 5 nitrogen and oxygen atoms in total. The minimum Gasteiger partial charge on any atom is -0.493 e. The molecule has 0 fully saturated rings. The first-order valence-corrected chi connectivity index (χ1v) is 8.10. The fraction of sp³-hybridized carbons (Fsp3) is 0.222. The summed E-state index contributed by atoms with van der Waals surface area (Å²) in [5, 5.41) is 2.81. The Hall–Kier alpha value is -2.60. The maximum absolute atomic E-state index is 12.1. The molecule has 0 aliphatic rings. The lowest BCUT2D eigenvalue weighted by atomic mass is 10.2. The van der Waals surface area contributed by atoms with Crippen LogP contribution in [0.25, 0.3) is 0 Å². The number of ether oxygens (including phenoxy) is 1. The molecule has 0 unspecified atom stereocenters. The summed E-state index contributed by atoms with van der Waals surface area (Å²) in [6.45, 7) is 4.81. The van der Waals surface area contributed by atoms with Gasteiger partial charge in [-0.05, 0) is 54.5 Å². The molecule has 0 aliphatic carbocycles. The van der Waals surface area contributed by atoms with E-state index in [0.29, 0.717) is 18.1 Å². The Balaban J connectivity index is 1.81. The average Bonchev–Trinajstić information content (AvgIpc) is 2.59. The van der Waals surface area contributed by atoms with Crippen molar-refractivity contribution < 1.29 is 9.53 Å². The maximum atomic E-state index is 12.1. The fourth-order valence-corrected chi connectivity index (χ4v) is 1.97. The third-order valence-corrected chi connectivity index (χ3v) is 3.23. The number of hydrogen-bond donors (Lipinski definition) is 3. The molecule has 0 aromatic heterocycles. The summed E-state index contributed by atoms with van der Waals surface area (Å²) in [4.78, 5) is 12.1. The number of anilines is 1. The molecule has 0 saturated heterocycles. The van der Waals surface area contributed by atoms with Gasteiger partial charge in [0.2, 0.25) is 0 Å². The molecule has 1 amide bonds. The summed E-state index contributed by atoms with van der Waals surface area (Å²) in [5.41, 5.74) is 7.04. The molecule has 0 heterocycles. The lowest BCUT2D eigenvalue weighted by molar-refractivity contribution is 0.0977. The van der Waals surface area contributed by atoms with E-state index in [2.05, 4.69) is 30.0 Å². The topological polar surface area (TPSA) is 62.4 Å². The van der Waals surface area contributed by atoms with Gasteiger partial charge in [-0.25, -0.2) is 0 Å². The van der Waals surface area contributed by atoms with Gasteiger partial charge in [0.15, 0.2) is 5.11 Å². The molecule has 24 heavy (non-hydrogen) atoms. The van der Waals surface area contributed by atoms with E-state index in [9.17, 15) is 4.79 Å². The molecule has 0 saturated carbocycles. The fourth-order valence-electron chi connectivity index (χ4n) is 1.82. The van der Waals surface area contributed by atoms with Gasteiger partial charge in [-0.1, -0.05) is 32.0 Å². The van der Waals surface area contributed by atoms with Crippen LogP contribution in [0, 0.1) is 5.92 Å². The lowest BCUT2D eigenvalue weighted by Gasteiger charge is -2.12. The van der Waals surface area contributed by atoms with Gasteiger partial charge in [0.1, 0.15) is 5.75 Å². The molecule has 0 aliphatic heterocycles. The van der Waals surface area contributed by atoms with Crippen molar-refractivity contribution in [2.45, 2.75) is 13.8 Å². The predicted molar refractivity (Wildman–Crippen MR) is 100 cm³/mol. The van der Waals surface area contributed by atoms with E-state index in [0.717, 1.165) is 11.4 Å². The van der Waals surface area contributed by atoms with Crippen molar-refractivity contribution in [2.24, 2.45) is 5.92 Å². The number of hydrazine groups is 1. The number of hydrogen-bond acceptors (Lipinski definition) is 4. The Morgan fingerprint density at radius 3 is 2.38 bits per heavy atom. The van der Waals surface area contributed by atoms with E-state index >= 15 is 0 Å². The van der Waals surface area contributed by atoms with Crippen LogP contribution in [0.3, 0.4) is 0 Å². The first kappa shape index (κ1) is 17.7. The van der Waals surface area contributed by atoms with Crippen molar-refractivity contribution in [3.8, 4) is 5.75 Å². The van der Waals surface area contributed by atoms with Crippen LogP contribution < -0.4 is 20.9 Å². The molecule has 0 bridgehead atoms. The van der Waals surface area contributed by atoms with Crippen LogP contribution in [0.4, 0.5) is 5.69 Å². The van der Waals surface area contributed by atoms with Crippen molar-refractivity contribution in [3.63, 3.8) is 0 Å². The van der Waals surface area contributed by atoms with Gasteiger partial charge in [-0.3, -0.25) is 21.0 Å². The van der Waals surface area contributed by atoms with Gasteiger partial charge < -0.3 is 4.74 Å². The summed E-state index contributed by atoms with van der Waals surface area (Å²) >= 11 is 5.10. The highest BCUT2D eigenvalue weighted by Crippen LogP contribution is 2.13. The number of amides is 1. The number of para-hydroxylation sites is 1. The Bertz CT molecular complexity index is 672. The van der Waals surface area contributed by atoms with E-state index in [1.54, 1.807) is 24.3 Å². The molecule has 2 aromatic carbocycles. The maximum Gasteiger partial charge on any atom is 0.257 e. The van der Waals surface area contributed by atoms with Crippen molar-refractivity contribution in [1.82, 2.24) is 10.7 Å². The van der Waals surface area contributed by atoms with E-state index in [1.807, 2.05) is 30.3 Å². The van der Waals surface area contributed by atoms with Gasteiger partial charge in [-0.2, -0.15) is 0 Å². The second-order valence-electron chi connectivity index (χ2n) is 5.63. The Morgan fingerprint density at radius 2 is 1.75 bits per heavy atom. The molecule has 2 rings (SSSR count). The standard InChI is InChI=1S/C18H21N3O2S/c1-13(2)12-23-16-10-8-14(9-11-16)17(22)19-18(24)21-20-15-6-4-3-5-7-15/h3-11,13,20H,12H2,1-2H3,(H2,19,21,22,24). The van der Waals surface area contributed by atoms with Crippen molar-refractivity contribution in [2.75, 3.05) is 12.0 Å². The highest BCUT2D eigenvalue weighted by molar-refractivity contribution is 7.80. The normalized spacial score (nSPS) is 10.1. The van der Waals surface area contributed by atoms with E-state index in [4.69, 9.17) is 17.0 Å². The number of thiocarbonyl (C=S) groups is 1. The van der Waals surface area contributed by atoms with Gasteiger partial charge in [0.25, 0.3) is 5.91 Å². The minimum absolute atomic E-state index is 0.198. The van der Waals surface area contributed by atoms with E-state index in [-0.39, 0.29) is 11.0 Å². The zero-order chi connectivity index (χ0) is 17.4. The van der Waals surface area contributed by atoms with Crippen LogP contribution in [-0.4, -0.2) is 17.6 Å². The number of carbonyl (C=O) groups is 1. The smallest absolute Gasteiger partial charge is 0.257 e. The minimum atomic E-state index is -0.280. The van der Waals surface area contributed by atoms with Crippen molar-refractivity contribution in [1.29, 1.82) is 0 Å². The van der Waals surface area contributed by atoms with Crippen LogP contribution in [0.2, 0.25) is 0 Å². The average molecular weight is 343 g/mol. The van der Waals surface area contributed by atoms with Gasteiger partial charge >= 0.3 is 0 Å². The Labute approximate surface area is 147 Å². The monoisotopic (exact) mass is 343 g/mol. The lowest BCUT2D eigenvalue weighted by Crippen LogP contribution is -2.41. The number of carbonyl (C=O) groups excluding carboxylic acids is 1. The Morgan fingerprint density at radius 1 is 1.08 bits per heavy atom.